The molecule has 9 nitrogen and oxygen atoms in total. The van der Waals surface area contributed by atoms with Gasteiger partial charge in [0.2, 0.25) is 0 Å². The van der Waals surface area contributed by atoms with Crippen molar-refractivity contribution in [1.29, 1.82) is 0 Å². The van der Waals surface area contributed by atoms with Crippen LogP contribution in [-0.4, -0.2) is 73.8 Å². The number of amides is 1. The van der Waals surface area contributed by atoms with E-state index in [-0.39, 0.29) is 17.8 Å². The summed E-state index contributed by atoms with van der Waals surface area (Å²) in [5.41, 5.74) is 1.01. The number of benzene rings is 2. The SMILES string of the molecule is COc1cc(-n2ccc3cc(OCC4CCCO4)ccc3c2=O)ccc1N1CCCN(C(=O)OC(C)(C)C)CC1. The van der Waals surface area contributed by atoms with Gasteiger partial charge >= 0.3 is 6.09 Å². The van der Waals surface area contributed by atoms with E-state index in [0.29, 0.717) is 37.4 Å². The highest BCUT2D eigenvalue weighted by Gasteiger charge is 2.25. The topological polar surface area (TPSA) is 82.5 Å². The molecule has 2 aliphatic heterocycles. The first-order chi connectivity index (χ1) is 19.2. The van der Waals surface area contributed by atoms with Gasteiger partial charge in [-0.05, 0) is 81.8 Å². The number of ether oxygens (including phenoxy) is 4. The van der Waals surface area contributed by atoms with Crippen LogP contribution in [0.4, 0.5) is 10.5 Å². The lowest BCUT2D eigenvalue weighted by atomic mass is 10.1. The predicted octanol–water partition coefficient (Wildman–Crippen LogP) is 5.00. The average molecular weight is 550 g/mol. The summed E-state index contributed by atoms with van der Waals surface area (Å²) in [5.74, 6) is 1.40. The molecule has 214 valence electrons. The number of aromatic nitrogens is 1. The quantitative estimate of drug-likeness (QED) is 0.428. The van der Waals surface area contributed by atoms with E-state index in [1.54, 1.807) is 22.8 Å². The number of anilines is 1. The second-order valence-electron chi connectivity index (χ2n) is 11.4. The normalized spacial score (nSPS) is 18.1. The molecule has 3 aromatic rings. The van der Waals surface area contributed by atoms with Gasteiger partial charge in [-0.15, -0.1) is 0 Å². The summed E-state index contributed by atoms with van der Waals surface area (Å²) < 4.78 is 24.5. The summed E-state index contributed by atoms with van der Waals surface area (Å²) in [5, 5.41) is 1.44. The zero-order chi connectivity index (χ0) is 28.3. The third-order valence-electron chi connectivity index (χ3n) is 7.27. The lowest BCUT2D eigenvalue weighted by Crippen LogP contribution is -2.39. The molecule has 0 saturated carbocycles. The Morgan fingerprint density at radius 3 is 2.62 bits per heavy atom. The van der Waals surface area contributed by atoms with Crippen molar-refractivity contribution in [2.75, 3.05) is 51.4 Å². The molecule has 9 heteroatoms. The van der Waals surface area contributed by atoms with Crippen molar-refractivity contribution in [3.05, 3.63) is 59.0 Å². The largest absolute Gasteiger partial charge is 0.495 e. The molecule has 2 aliphatic rings. The molecule has 1 unspecified atom stereocenters. The minimum absolute atomic E-state index is 0.110. The summed E-state index contributed by atoms with van der Waals surface area (Å²) in [6.45, 7) is 9.57. The van der Waals surface area contributed by atoms with Crippen LogP contribution >= 0.6 is 0 Å². The Labute approximate surface area is 235 Å². The summed E-state index contributed by atoms with van der Waals surface area (Å²) in [7, 11) is 1.63. The maximum Gasteiger partial charge on any atom is 0.410 e. The van der Waals surface area contributed by atoms with Gasteiger partial charge < -0.3 is 28.7 Å². The van der Waals surface area contributed by atoms with Gasteiger partial charge in [0.25, 0.3) is 5.56 Å². The number of carbonyl (C=O) groups is 1. The Morgan fingerprint density at radius 2 is 1.88 bits per heavy atom. The molecule has 0 spiro atoms. The first-order valence-electron chi connectivity index (χ1n) is 14.0. The molecule has 1 amide bonds. The Kier molecular flexibility index (Phi) is 8.21. The van der Waals surface area contributed by atoms with Gasteiger partial charge in [-0.2, -0.15) is 0 Å². The van der Waals surface area contributed by atoms with Gasteiger partial charge in [0.05, 0.1) is 24.6 Å². The van der Waals surface area contributed by atoms with Crippen LogP contribution in [0.5, 0.6) is 11.5 Å². The van der Waals surface area contributed by atoms with E-state index in [1.165, 1.54) is 0 Å². The minimum atomic E-state index is -0.524. The number of fused-ring (bicyclic) bond motifs is 1. The van der Waals surface area contributed by atoms with E-state index in [1.807, 2.05) is 63.2 Å². The second-order valence-corrected chi connectivity index (χ2v) is 11.4. The van der Waals surface area contributed by atoms with Crippen LogP contribution in [-0.2, 0) is 9.47 Å². The summed E-state index contributed by atoms with van der Waals surface area (Å²) in [4.78, 5) is 30.0. The molecule has 0 radical (unpaired) electrons. The van der Waals surface area contributed by atoms with Gasteiger partial charge in [-0.1, -0.05) is 0 Å². The number of carbonyl (C=O) groups excluding carboxylic acids is 1. The second kappa shape index (κ2) is 11.8. The molecule has 1 aromatic heterocycles. The standard InChI is InChI=1S/C31H39N3O6/c1-31(2,3)40-30(36)33-14-6-13-32(16-17-33)27-11-8-23(20-28(27)37-4)34-15-12-22-19-24(9-10-26(22)29(34)35)39-21-25-7-5-18-38-25/h8-12,15,19-20,25H,5-7,13-14,16-18,21H2,1-4H3. The molecule has 0 aliphatic carbocycles. The Hall–Kier alpha value is -3.72. The van der Waals surface area contributed by atoms with Crippen LogP contribution in [0.25, 0.3) is 16.5 Å². The van der Waals surface area contributed by atoms with Gasteiger partial charge in [0.15, 0.2) is 0 Å². The number of nitrogens with zero attached hydrogens (tertiary/aromatic N) is 3. The Balaban J connectivity index is 1.32. The fourth-order valence-corrected chi connectivity index (χ4v) is 5.23. The van der Waals surface area contributed by atoms with E-state index in [9.17, 15) is 9.59 Å². The van der Waals surface area contributed by atoms with E-state index in [0.717, 1.165) is 54.9 Å². The van der Waals surface area contributed by atoms with Gasteiger partial charge in [0, 0.05) is 50.4 Å². The zero-order valence-corrected chi connectivity index (χ0v) is 23.9. The molecule has 2 saturated heterocycles. The third-order valence-corrected chi connectivity index (χ3v) is 7.27. The van der Waals surface area contributed by atoms with Crippen LogP contribution in [0.2, 0.25) is 0 Å². The monoisotopic (exact) mass is 549 g/mol. The number of pyridine rings is 1. The Morgan fingerprint density at radius 1 is 1.02 bits per heavy atom. The maximum absolute atomic E-state index is 13.4. The van der Waals surface area contributed by atoms with E-state index >= 15 is 0 Å². The predicted molar refractivity (Wildman–Crippen MR) is 155 cm³/mol. The highest BCUT2D eigenvalue weighted by atomic mass is 16.6. The van der Waals surface area contributed by atoms with Crippen molar-refractivity contribution >= 4 is 22.6 Å². The van der Waals surface area contributed by atoms with Gasteiger partial charge in [0.1, 0.15) is 23.7 Å². The lowest BCUT2D eigenvalue weighted by molar-refractivity contribution is 0.0263. The van der Waals surface area contributed by atoms with Crippen molar-refractivity contribution in [3.63, 3.8) is 0 Å². The molecule has 0 bridgehead atoms. The maximum atomic E-state index is 13.4. The van der Waals surface area contributed by atoms with Crippen LogP contribution in [0.1, 0.15) is 40.0 Å². The first kappa shape index (κ1) is 27.8. The van der Waals surface area contributed by atoms with E-state index in [4.69, 9.17) is 18.9 Å². The molecule has 5 rings (SSSR count). The number of hydrogen-bond donors (Lipinski definition) is 0. The number of methoxy groups -OCH3 is 1. The molecule has 40 heavy (non-hydrogen) atoms. The molecule has 1 atom stereocenters. The van der Waals surface area contributed by atoms with Crippen molar-refractivity contribution < 1.29 is 23.7 Å². The van der Waals surface area contributed by atoms with Crippen molar-refractivity contribution in [2.45, 2.75) is 51.7 Å². The molecule has 2 fully saturated rings. The molecule has 0 N–H and O–H groups in total. The third kappa shape index (κ3) is 6.36. The molecule has 2 aromatic carbocycles. The van der Waals surface area contributed by atoms with Crippen LogP contribution in [0, 0.1) is 0 Å². The van der Waals surface area contributed by atoms with Crippen molar-refractivity contribution in [1.82, 2.24) is 9.47 Å². The fourth-order valence-electron chi connectivity index (χ4n) is 5.23. The highest BCUT2D eigenvalue weighted by Crippen LogP contribution is 2.32. The Bertz CT molecular complexity index is 1410. The number of rotatable bonds is 6. The fraction of sp³-hybridized carbons (Fsp3) is 0.484. The summed E-state index contributed by atoms with van der Waals surface area (Å²) in [6, 6.07) is 13.3. The first-order valence-corrected chi connectivity index (χ1v) is 14.0. The van der Waals surface area contributed by atoms with E-state index < -0.39 is 5.60 Å². The van der Waals surface area contributed by atoms with Crippen LogP contribution in [0.3, 0.4) is 0 Å². The van der Waals surface area contributed by atoms with E-state index in [2.05, 4.69) is 4.90 Å². The van der Waals surface area contributed by atoms with Gasteiger partial charge in [-0.25, -0.2) is 4.79 Å². The van der Waals surface area contributed by atoms with Crippen molar-refractivity contribution in [3.8, 4) is 17.2 Å². The van der Waals surface area contributed by atoms with Crippen LogP contribution < -0.4 is 19.9 Å². The summed E-state index contributed by atoms with van der Waals surface area (Å²) >= 11 is 0. The number of hydrogen-bond acceptors (Lipinski definition) is 7. The average Bonchev–Trinajstić information content (AvgIpc) is 3.33. The molecule has 3 heterocycles. The van der Waals surface area contributed by atoms with Crippen molar-refractivity contribution in [2.24, 2.45) is 0 Å². The highest BCUT2D eigenvalue weighted by molar-refractivity contribution is 5.83. The summed E-state index contributed by atoms with van der Waals surface area (Å²) in [6.07, 6.45) is 4.54. The smallest absolute Gasteiger partial charge is 0.410 e. The van der Waals surface area contributed by atoms with Crippen LogP contribution in [0.15, 0.2) is 53.5 Å². The zero-order valence-electron chi connectivity index (χ0n) is 23.9. The molecular formula is C31H39N3O6. The van der Waals surface area contributed by atoms with Gasteiger partial charge in [-0.3, -0.25) is 9.36 Å². The minimum Gasteiger partial charge on any atom is -0.495 e. The molecular weight excluding hydrogens is 510 g/mol. The lowest BCUT2D eigenvalue weighted by Gasteiger charge is -2.27.